The van der Waals surface area contributed by atoms with E-state index in [0.29, 0.717) is 6.54 Å². The molecular weight excluding hydrogens is 236 g/mol. The molecular formula is C15H20N4. The van der Waals surface area contributed by atoms with Gasteiger partial charge in [0, 0.05) is 25.2 Å². The van der Waals surface area contributed by atoms with Gasteiger partial charge in [-0.3, -0.25) is 0 Å². The Kier molecular flexibility index (Phi) is 4.12. The van der Waals surface area contributed by atoms with Crippen molar-refractivity contribution in [1.82, 2.24) is 10.2 Å². The van der Waals surface area contributed by atoms with Crippen LogP contribution in [-0.2, 0) is 0 Å². The molecule has 2 N–H and O–H groups in total. The summed E-state index contributed by atoms with van der Waals surface area (Å²) in [5.41, 5.74) is 8.88. The summed E-state index contributed by atoms with van der Waals surface area (Å²) < 4.78 is 0. The van der Waals surface area contributed by atoms with Crippen molar-refractivity contribution in [3.05, 3.63) is 42.0 Å². The van der Waals surface area contributed by atoms with E-state index in [0.717, 1.165) is 17.1 Å². The number of nitrogens with two attached hydrogens (primary N) is 1. The first kappa shape index (κ1) is 13.5. The molecule has 0 saturated heterocycles. The molecule has 0 amide bonds. The van der Waals surface area contributed by atoms with E-state index < -0.39 is 0 Å². The van der Waals surface area contributed by atoms with Crippen molar-refractivity contribution in [2.24, 2.45) is 5.73 Å². The van der Waals surface area contributed by atoms with Gasteiger partial charge in [-0.1, -0.05) is 24.3 Å². The molecule has 100 valence electrons. The van der Waals surface area contributed by atoms with E-state index in [-0.39, 0.29) is 6.04 Å². The van der Waals surface area contributed by atoms with Crippen LogP contribution in [0.4, 0.5) is 5.82 Å². The maximum atomic E-state index is 5.66. The Hall–Kier alpha value is -1.94. The maximum absolute atomic E-state index is 5.66. The largest absolute Gasteiger partial charge is 0.354 e. The molecule has 0 aliphatic carbocycles. The van der Waals surface area contributed by atoms with Gasteiger partial charge in [-0.25, -0.2) is 0 Å². The van der Waals surface area contributed by atoms with E-state index >= 15 is 0 Å². The summed E-state index contributed by atoms with van der Waals surface area (Å²) in [7, 11) is 1.98. The lowest BCUT2D eigenvalue weighted by molar-refractivity contribution is 0.682. The second kappa shape index (κ2) is 5.80. The second-order valence-electron chi connectivity index (χ2n) is 4.79. The van der Waals surface area contributed by atoms with Gasteiger partial charge in [-0.15, -0.1) is 10.2 Å². The van der Waals surface area contributed by atoms with Gasteiger partial charge in [0.15, 0.2) is 5.82 Å². The van der Waals surface area contributed by atoms with Crippen LogP contribution in [0.5, 0.6) is 0 Å². The quantitative estimate of drug-likeness (QED) is 0.911. The van der Waals surface area contributed by atoms with Gasteiger partial charge in [0.25, 0.3) is 0 Å². The highest BCUT2D eigenvalue weighted by molar-refractivity contribution is 5.63. The van der Waals surface area contributed by atoms with Crippen LogP contribution in [0, 0.1) is 6.92 Å². The summed E-state index contributed by atoms with van der Waals surface area (Å²) in [6, 6.07) is 12.4. The summed E-state index contributed by atoms with van der Waals surface area (Å²) in [5.74, 6) is 0.843. The van der Waals surface area contributed by atoms with Crippen molar-refractivity contribution < 1.29 is 0 Å². The molecule has 0 aliphatic rings. The highest BCUT2D eigenvalue weighted by atomic mass is 15.3. The van der Waals surface area contributed by atoms with Crippen molar-refractivity contribution in [3.8, 4) is 11.3 Å². The van der Waals surface area contributed by atoms with Gasteiger partial charge in [0.05, 0.1) is 5.69 Å². The summed E-state index contributed by atoms with van der Waals surface area (Å²) >= 11 is 0. The minimum atomic E-state index is 0.249. The minimum absolute atomic E-state index is 0.249. The highest BCUT2D eigenvalue weighted by Crippen LogP contribution is 2.21. The Morgan fingerprint density at radius 2 is 1.89 bits per heavy atom. The van der Waals surface area contributed by atoms with Crippen LogP contribution < -0.4 is 10.6 Å². The molecule has 2 aromatic rings. The summed E-state index contributed by atoms with van der Waals surface area (Å²) in [4.78, 5) is 2.04. The fraction of sp³-hybridized carbons (Fsp3) is 0.333. The second-order valence-corrected chi connectivity index (χ2v) is 4.79. The number of hydrogen-bond donors (Lipinski definition) is 1. The van der Waals surface area contributed by atoms with Crippen molar-refractivity contribution in [2.45, 2.75) is 19.9 Å². The first-order valence-electron chi connectivity index (χ1n) is 6.46. The topological polar surface area (TPSA) is 55.0 Å². The van der Waals surface area contributed by atoms with E-state index in [9.17, 15) is 0 Å². The first-order chi connectivity index (χ1) is 9.13. The Balaban J connectivity index is 2.26. The maximum Gasteiger partial charge on any atom is 0.151 e. The third-order valence-electron chi connectivity index (χ3n) is 3.44. The Bertz CT molecular complexity index is 536. The predicted molar refractivity (Wildman–Crippen MR) is 79.1 cm³/mol. The molecule has 0 spiro atoms. The lowest BCUT2D eigenvalue weighted by Crippen LogP contribution is -2.35. The predicted octanol–water partition coefficient (Wildman–Crippen LogP) is 2.24. The normalized spacial score (nSPS) is 12.2. The van der Waals surface area contributed by atoms with Gasteiger partial charge in [-0.05, 0) is 31.5 Å². The fourth-order valence-electron chi connectivity index (χ4n) is 1.90. The molecule has 0 aliphatic heterocycles. The van der Waals surface area contributed by atoms with Crippen LogP contribution in [0.1, 0.15) is 12.5 Å². The van der Waals surface area contributed by atoms with Crippen LogP contribution >= 0.6 is 0 Å². The monoisotopic (exact) mass is 256 g/mol. The average molecular weight is 256 g/mol. The van der Waals surface area contributed by atoms with Crippen LogP contribution in [0.15, 0.2) is 36.4 Å². The zero-order valence-corrected chi connectivity index (χ0v) is 11.7. The van der Waals surface area contributed by atoms with Crippen LogP contribution in [0.2, 0.25) is 0 Å². The van der Waals surface area contributed by atoms with Gasteiger partial charge in [0.1, 0.15) is 0 Å². The fourth-order valence-corrected chi connectivity index (χ4v) is 1.90. The Labute approximate surface area is 114 Å². The van der Waals surface area contributed by atoms with E-state index in [1.807, 2.05) is 36.2 Å². The van der Waals surface area contributed by atoms with Gasteiger partial charge < -0.3 is 10.6 Å². The molecule has 0 fully saturated rings. The molecule has 1 heterocycles. The lowest BCUT2D eigenvalue weighted by Gasteiger charge is -2.24. The molecule has 1 unspecified atom stereocenters. The number of aryl methyl sites for hydroxylation is 1. The van der Waals surface area contributed by atoms with Crippen molar-refractivity contribution >= 4 is 5.82 Å². The number of nitrogens with zero attached hydrogens (tertiary/aromatic N) is 3. The number of likely N-dealkylation sites (N-methyl/N-ethyl adjacent to an activating group) is 1. The smallest absolute Gasteiger partial charge is 0.151 e. The highest BCUT2D eigenvalue weighted by Gasteiger charge is 2.10. The molecule has 1 aromatic heterocycles. The van der Waals surface area contributed by atoms with Crippen LogP contribution in [-0.4, -0.2) is 29.8 Å². The summed E-state index contributed by atoms with van der Waals surface area (Å²) in [6.45, 7) is 4.74. The lowest BCUT2D eigenvalue weighted by atomic mass is 10.1. The Morgan fingerprint density at radius 3 is 2.47 bits per heavy atom. The SMILES string of the molecule is Cc1ccccc1-c1ccc(N(C)C(C)CN)nn1. The third kappa shape index (κ3) is 2.90. The van der Waals surface area contributed by atoms with Crippen molar-refractivity contribution in [3.63, 3.8) is 0 Å². The van der Waals surface area contributed by atoms with Crippen LogP contribution in [0.25, 0.3) is 11.3 Å². The van der Waals surface area contributed by atoms with E-state index in [1.54, 1.807) is 0 Å². The van der Waals surface area contributed by atoms with E-state index in [2.05, 4.69) is 36.2 Å². The molecule has 2 rings (SSSR count). The standard InChI is InChI=1S/C15H20N4/c1-11-6-4-5-7-13(11)14-8-9-15(18-17-14)19(3)12(2)10-16/h4-9,12H,10,16H2,1-3H3. The zero-order chi connectivity index (χ0) is 13.8. The van der Waals surface area contributed by atoms with E-state index in [1.165, 1.54) is 5.56 Å². The molecule has 0 radical (unpaired) electrons. The van der Waals surface area contributed by atoms with Crippen LogP contribution in [0.3, 0.4) is 0 Å². The number of aromatic nitrogens is 2. The Morgan fingerprint density at radius 1 is 1.16 bits per heavy atom. The van der Waals surface area contributed by atoms with Gasteiger partial charge in [-0.2, -0.15) is 0 Å². The molecule has 4 heteroatoms. The third-order valence-corrected chi connectivity index (χ3v) is 3.44. The van der Waals surface area contributed by atoms with Gasteiger partial charge >= 0.3 is 0 Å². The van der Waals surface area contributed by atoms with Gasteiger partial charge in [0.2, 0.25) is 0 Å². The average Bonchev–Trinajstić information content (AvgIpc) is 2.46. The number of rotatable bonds is 4. The summed E-state index contributed by atoms with van der Waals surface area (Å²) in [6.07, 6.45) is 0. The zero-order valence-electron chi connectivity index (χ0n) is 11.7. The number of hydrogen-bond acceptors (Lipinski definition) is 4. The molecule has 0 bridgehead atoms. The molecule has 1 aromatic carbocycles. The first-order valence-corrected chi connectivity index (χ1v) is 6.46. The molecule has 0 saturated carbocycles. The number of anilines is 1. The van der Waals surface area contributed by atoms with Crippen molar-refractivity contribution in [1.29, 1.82) is 0 Å². The van der Waals surface area contributed by atoms with Crippen molar-refractivity contribution in [2.75, 3.05) is 18.5 Å². The number of benzene rings is 1. The molecule has 19 heavy (non-hydrogen) atoms. The molecule has 1 atom stereocenters. The molecule has 4 nitrogen and oxygen atoms in total. The minimum Gasteiger partial charge on any atom is -0.354 e. The summed E-state index contributed by atoms with van der Waals surface area (Å²) in [5, 5.41) is 8.60. The van der Waals surface area contributed by atoms with E-state index in [4.69, 9.17) is 5.73 Å².